The van der Waals surface area contributed by atoms with E-state index in [9.17, 15) is 4.79 Å². The Labute approximate surface area is 176 Å². The van der Waals surface area contributed by atoms with E-state index in [1.54, 1.807) is 12.1 Å². The third-order valence-electron chi connectivity index (χ3n) is 4.94. The number of amides is 1. The molecule has 154 valence electrons. The van der Waals surface area contributed by atoms with Crippen LogP contribution in [0.4, 0.5) is 5.69 Å². The van der Waals surface area contributed by atoms with Crippen LogP contribution in [-0.2, 0) is 11.3 Å². The average Bonchev–Trinajstić information content (AvgIpc) is 3.32. The van der Waals surface area contributed by atoms with Crippen LogP contribution in [0, 0.1) is 0 Å². The van der Waals surface area contributed by atoms with Crippen molar-refractivity contribution in [1.82, 2.24) is 0 Å². The summed E-state index contributed by atoms with van der Waals surface area (Å²) < 4.78 is 17.2. The van der Waals surface area contributed by atoms with Gasteiger partial charge >= 0.3 is 0 Å². The maximum absolute atomic E-state index is 12.8. The van der Waals surface area contributed by atoms with E-state index in [0.717, 1.165) is 30.8 Å². The number of ether oxygens (including phenoxy) is 3. The zero-order valence-corrected chi connectivity index (χ0v) is 16.8. The van der Waals surface area contributed by atoms with E-state index in [-0.39, 0.29) is 12.0 Å². The van der Waals surface area contributed by atoms with Gasteiger partial charge < -0.3 is 19.5 Å². The molecule has 0 radical (unpaired) electrons. The molecule has 0 unspecified atom stereocenters. The predicted molar refractivity (Wildman–Crippen MR) is 116 cm³/mol. The second-order valence-electron chi connectivity index (χ2n) is 7.19. The molecule has 1 aliphatic heterocycles. The number of carbonyl (C=O) groups is 1. The first-order valence-electron chi connectivity index (χ1n) is 10.2. The monoisotopic (exact) mass is 403 g/mol. The number of para-hydroxylation sites is 1. The highest BCUT2D eigenvalue weighted by Gasteiger charge is 2.16. The fourth-order valence-electron chi connectivity index (χ4n) is 3.31. The first-order valence-corrected chi connectivity index (χ1v) is 10.2. The molecule has 1 fully saturated rings. The van der Waals surface area contributed by atoms with Gasteiger partial charge in [0.25, 0.3) is 5.91 Å². The van der Waals surface area contributed by atoms with Gasteiger partial charge in [0, 0.05) is 12.3 Å². The Morgan fingerprint density at radius 1 is 0.933 bits per heavy atom. The van der Waals surface area contributed by atoms with E-state index in [0.29, 0.717) is 30.2 Å². The molecule has 0 bridgehead atoms. The smallest absolute Gasteiger partial charge is 0.259 e. The summed E-state index contributed by atoms with van der Waals surface area (Å²) in [6.07, 6.45) is 2.31. The van der Waals surface area contributed by atoms with E-state index < -0.39 is 0 Å². The standard InChI is InChI=1S/C25H25NO4/c27-25(23-10-4-5-11-24(23)30-17-19-7-2-1-3-8-19)26-20-12-14-21(15-13-20)29-18-22-9-6-16-28-22/h1-5,7-8,10-15,22H,6,9,16-18H2,(H,26,27)/t22-/m0/s1. The van der Waals surface area contributed by atoms with Gasteiger partial charge in [-0.05, 0) is 54.8 Å². The molecule has 0 saturated carbocycles. The minimum absolute atomic E-state index is 0.178. The highest BCUT2D eigenvalue weighted by Crippen LogP contribution is 2.23. The van der Waals surface area contributed by atoms with Gasteiger partial charge in [-0.15, -0.1) is 0 Å². The molecule has 3 aromatic rings. The Bertz CT molecular complexity index is 950. The van der Waals surface area contributed by atoms with Crippen LogP contribution in [0.15, 0.2) is 78.9 Å². The van der Waals surface area contributed by atoms with Crippen molar-refractivity contribution < 1.29 is 19.0 Å². The molecule has 4 rings (SSSR count). The maximum Gasteiger partial charge on any atom is 0.259 e. The van der Waals surface area contributed by atoms with Gasteiger partial charge in [-0.3, -0.25) is 4.79 Å². The van der Waals surface area contributed by atoms with E-state index >= 15 is 0 Å². The molecule has 3 aromatic carbocycles. The van der Waals surface area contributed by atoms with E-state index in [1.165, 1.54) is 0 Å². The quantitative estimate of drug-likeness (QED) is 0.570. The molecule has 5 nitrogen and oxygen atoms in total. The van der Waals surface area contributed by atoms with Crippen molar-refractivity contribution in [3.63, 3.8) is 0 Å². The van der Waals surface area contributed by atoms with Crippen LogP contribution in [-0.4, -0.2) is 25.2 Å². The van der Waals surface area contributed by atoms with Gasteiger partial charge in [0.2, 0.25) is 0 Å². The molecule has 1 aliphatic rings. The highest BCUT2D eigenvalue weighted by atomic mass is 16.5. The van der Waals surface area contributed by atoms with Gasteiger partial charge in [0.05, 0.1) is 11.7 Å². The van der Waals surface area contributed by atoms with Gasteiger partial charge in [-0.25, -0.2) is 0 Å². The topological polar surface area (TPSA) is 56.8 Å². The minimum atomic E-state index is -0.216. The SMILES string of the molecule is O=C(Nc1ccc(OC[C@@H]2CCCO2)cc1)c1ccccc1OCc1ccccc1. The molecule has 0 spiro atoms. The largest absolute Gasteiger partial charge is 0.491 e. The van der Waals surface area contributed by atoms with Crippen molar-refractivity contribution >= 4 is 11.6 Å². The summed E-state index contributed by atoms with van der Waals surface area (Å²) in [6, 6.07) is 24.5. The average molecular weight is 403 g/mol. The van der Waals surface area contributed by atoms with Crippen molar-refractivity contribution in [2.45, 2.75) is 25.6 Å². The number of nitrogens with one attached hydrogen (secondary N) is 1. The van der Waals surface area contributed by atoms with Gasteiger partial charge in [0.15, 0.2) is 0 Å². The number of anilines is 1. The molecule has 1 saturated heterocycles. The van der Waals surface area contributed by atoms with Crippen molar-refractivity contribution in [3.8, 4) is 11.5 Å². The van der Waals surface area contributed by atoms with Crippen LogP contribution in [0.5, 0.6) is 11.5 Å². The lowest BCUT2D eigenvalue weighted by Crippen LogP contribution is -2.16. The van der Waals surface area contributed by atoms with E-state index in [1.807, 2.05) is 66.7 Å². The molecule has 1 heterocycles. The van der Waals surface area contributed by atoms with Gasteiger partial charge in [0.1, 0.15) is 24.7 Å². The fraction of sp³-hybridized carbons (Fsp3) is 0.240. The zero-order chi connectivity index (χ0) is 20.6. The van der Waals surface area contributed by atoms with Crippen LogP contribution in [0.1, 0.15) is 28.8 Å². The van der Waals surface area contributed by atoms with Crippen LogP contribution in [0.25, 0.3) is 0 Å². The molecule has 1 N–H and O–H groups in total. The van der Waals surface area contributed by atoms with Gasteiger partial charge in [-0.2, -0.15) is 0 Å². The molecule has 1 atom stereocenters. The first kappa shape index (κ1) is 20.0. The van der Waals surface area contributed by atoms with Crippen molar-refractivity contribution in [3.05, 3.63) is 90.0 Å². The summed E-state index contributed by atoms with van der Waals surface area (Å²) in [6.45, 7) is 1.77. The fourth-order valence-corrected chi connectivity index (χ4v) is 3.31. The number of hydrogen-bond acceptors (Lipinski definition) is 4. The molecule has 0 aliphatic carbocycles. The summed E-state index contributed by atoms with van der Waals surface area (Å²) in [7, 11) is 0. The van der Waals surface area contributed by atoms with Crippen molar-refractivity contribution in [1.29, 1.82) is 0 Å². The van der Waals surface area contributed by atoms with Crippen LogP contribution in [0.3, 0.4) is 0 Å². The maximum atomic E-state index is 12.8. The lowest BCUT2D eigenvalue weighted by molar-refractivity contribution is 0.0679. The number of carbonyl (C=O) groups excluding carboxylic acids is 1. The zero-order valence-electron chi connectivity index (χ0n) is 16.8. The second kappa shape index (κ2) is 9.94. The number of hydrogen-bond donors (Lipinski definition) is 1. The second-order valence-corrected chi connectivity index (χ2v) is 7.19. The summed E-state index contributed by atoms with van der Waals surface area (Å²) in [5.41, 5.74) is 2.24. The third-order valence-corrected chi connectivity index (χ3v) is 4.94. The Morgan fingerprint density at radius 2 is 1.70 bits per heavy atom. The summed E-state index contributed by atoms with van der Waals surface area (Å²) >= 11 is 0. The third kappa shape index (κ3) is 5.39. The Balaban J connectivity index is 1.35. The van der Waals surface area contributed by atoms with Crippen molar-refractivity contribution in [2.75, 3.05) is 18.5 Å². The van der Waals surface area contributed by atoms with E-state index in [4.69, 9.17) is 14.2 Å². The van der Waals surface area contributed by atoms with Crippen LogP contribution in [0.2, 0.25) is 0 Å². The number of rotatable bonds is 8. The molecule has 5 heteroatoms. The first-order chi connectivity index (χ1) is 14.8. The van der Waals surface area contributed by atoms with Crippen LogP contribution < -0.4 is 14.8 Å². The normalized spacial score (nSPS) is 15.5. The molecule has 30 heavy (non-hydrogen) atoms. The predicted octanol–water partition coefficient (Wildman–Crippen LogP) is 5.08. The van der Waals surface area contributed by atoms with Gasteiger partial charge in [-0.1, -0.05) is 42.5 Å². The lowest BCUT2D eigenvalue weighted by atomic mass is 10.1. The Kier molecular flexibility index (Phi) is 6.62. The molecular weight excluding hydrogens is 378 g/mol. The summed E-state index contributed by atoms with van der Waals surface area (Å²) in [5.74, 6) is 1.09. The Hall–Kier alpha value is -3.31. The molecular formula is C25H25NO4. The lowest BCUT2D eigenvalue weighted by Gasteiger charge is -2.13. The minimum Gasteiger partial charge on any atom is -0.491 e. The summed E-state index contributed by atoms with van der Waals surface area (Å²) in [5, 5.41) is 2.92. The molecule has 1 amide bonds. The Morgan fingerprint density at radius 3 is 2.47 bits per heavy atom. The highest BCUT2D eigenvalue weighted by molar-refractivity contribution is 6.06. The van der Waals surface area contributed by atoms with Crippen molar-refractivity contribution in [2.24, 2.45) is 0 Å². The molecule has 0 aromatic heterocycles. The van der Waals surface area contributed by atoms with Crippen LogP contribution >= 0.6 is 0 Å². The number of benzene rings is 3. The van der Waals surface area contributed by atoms with E-state index in [2.05, 4.69) is 5.32 Å². The summed E-state index contributed by atoms with van der Waals surface area (Å²) in [4.78, 5) is 12.8.